The second-order valence-corrected chi connectivity index (χ2v) is 8.32. The van der Waals surface area contributed by atoms with E-state index in [9.17, 15) is 0 Å². The molecule has 0 amide bonds. The van der Waals surface area contributed by atoms with Crippen molar-refractivity contribution in [1.82, 2.24) is 19.7 Å². The Hall–Kier alpha value is -4.09. The third-order valence-electron chi connectivity index (χ3n) is 5.57. The molecule has 2 heterocycles. The maximum absolute atomic E-state index is 4.71. The molecule has 5 heteroatoms. The number of para-hydroxylation sites is 2. The van der Waals surface area contributed by atoms with E-state index in [1.807, 2.05) is 22.3 Å². The summed E-state index contributed by atoms with van der Waals surface area (Å²) in [4.78, 5) is 9.29. The molecule has 0 bridgehead atoms. The second-order valence-electron chi connectivity index (χ2n) is 7.43. The van der Waals surface area contributed by atoms with Crippen molar-refractivity contribution in [3.8, 4) is 39.3 Å². The molecular weight excluding hydrogens is 412 g/mol. The van der Waals surface area contributed by atoms with Crippen molar-refractivity contribution in [2.75, 3.05) is 0 Å². The summed E-state index contributed by atoms with van der Waals surface area (Å²) >= 11 is 1.63. The quantitative estimate of drug-likeness (QED) is 0.306. The third kappa shape index (κ3) is 3.11. The van der Waals surface area contributed by atoms with Crippen LogP contribution in [-0.2, 0) is 0 Å². The number of hydrogen-bond donors (Lipinski definition) is 0. The fourth-order valence-corrected chi connectivity index (χ4v) is 4.83. The van der Waals surface area contributed by atoms with E-state index in [0.717, 1.165) is 49.5 Å². The first-order chi connectivity index (χ1) is 15.9. The Morgan fingerprint density at radius 3 is 1.91 bits per heavy atom. The minimum absolute atomic E-state index is 0.780. The summed E-state index contributed by atoms with van der Waals surface area (Å²) < 4.78 is 3.09. The van der Waals surface area contributed by atoms with Gasteiger partial charge in [0, 0.05) is 16.7 Å². The molecular formula is C27H18N4S. The fraction of sp³-hybridized carbons (Fsp3) is 0. The molecule has 0 atom stereocenters. The van der Waals surface area contributed by atoms with Crippen molar-refractivity contribution in [2.45, 2.75) is 0 Å². The number of nitrogens with zero attached hydrogens (tertiary/aromatic N) is 4. The molecule has 6 rings (SSSR count). The van der Waals surface area contributed by atoms with Crippen molar-refractivity contribution < 1.29 is 0 Å². The molecule has 32 heavy (non-hydrogen) atoms. The van der Waals surface area contributed by atoms with Crippen molar-refractivity contribution in [3.05, 3.63) is 109 Å². The van der Waals surface area contributed by atoms with Crippen molar-refractivity contribution in [1.29, 1.82) is 0 Å². The molecule has 0 saturated heterocycles. The number of rotatable bonds is 4. The molecule has 0 saturated carbocycles. The summed E-state index contributed by atoms with van der Waals surface area (Å²) in [6, 6.07) is 33.4. The van der Waals surface area contributed by atoms with E-state index in [4.69, 9.17) is 5.10 Å². The molecule has 0 spiro atoms. The van der Waals surface area contributed by atoms with E-state index in [-0.39, 0.29) is 0 Å². The van der Waals surface area contributed by atoms with Crippen LogP contribution in [0.5, 0.6) is 0 Å². The SMILES string of the molecule is c1ccc(-c2cccc(-c3ccccc3)c2-n2ncnc2-c2cccc3scnc23)cc1. The maximum atomic E-state index is 4.71. The van der Waals surface area contributed by atoms with Gasteiger partial charge in [0.25, 0.3) is 0 Å². The van der Waals surface area contributed by atoms with Crippen molar-refractivity contribution in [2.24, 2.45) is 0 Å². The highest BCUT2D eigenvalue weighted by Gasteiger charge is 2.20. The second kappa shape index (κ2) is 7.87. The standard InChI is InChI=1S/C27H18N4S/c1-3-9-19(10-4-1)21-13-7-14-22(20-11-5-2-6-12-20)26(21)31-27(28-17-30-31)23-15-8-16-24-25(23)29-18-32-24/h1-18H. The molecule has 2 aromatic heterocycles. The molecule has 4 aromatic carbocycles. The number of benzene rings is 4. The van der Waals surface area contributed by atoms with Crippen molar-refractivity contribution >= 4 is 21.6 Å². The van der Waals surface area contributed by atoms with Crippen LogP contribution < -0.4 is 0 Å². The first kappa shape index (κ1) is 18.7. The lowest BCUT2D eigenvalue weighted by Crippen LogP contribution is -2.04. The van der Waals surface area contributed by atoms with Gasteiger partial charge in [-0.05, 0) is 23.3 Å². The third-order valence-corrected chi connectivity index (χ3v) is 6.36. The first-order valence-electron chi connectivity index (χ1n) is 10.4. The van der Waals surface area contributed by atoms with Crippen LogP contribution in [0.25, 0.3) is 49.5 Å². The van der Waals surface area contributed by atoms with E-state index in [2.05, 4.69) is 94.9 Å². The van der Waals surface area contributed by atoms with Gasteiger partial charge in [-0.25, -0.2) is 14.6 Å². The van der Waals surface area contributed by atoms with Crippen molar-refractivity contribution in [3.63, 3.8) is 0 Å². The number of thiazole rings is 1. The van der Waals surface area contributed by atoms with Crippen LogP contribution in [0.15, 0.2) is 109 Å². The molecule has 0 aliphatic carbocycles. The molecule has 6 aromatic rings. The largest absolute Gasteiger partial charge is 0.244 e. The smallest absolute Gasteiger partial charge is 0.165 e. The van der Waals surface area contributed by atoms with Gasteiger partial charge in [-0.2, -0.15) is 5.10 Å². The summed E-state index contributed by atoms with van der Waals surface area (Å²) in [5.74, 6) is 0.780. The Labute approximate surface area is 189 Å². The summed E-state index contributed by atoms with van der Waals surface area (Å²) in [6.07, 6.45) is 1.62. The summed E-state index contributed by atoms with van der Waals surface area (Å²) in [5.41, 5.74) is 9.27. The molecule has 0 radical (unpaired) electrons. The predicted octanol–water partition coefficient (Wildman–Crippen LogP) is 6.88. The van der Waals surface area contributed by atoms with E-state index in [1.54, 1.807) is 17.7 Å². The van der Waals surface area contributed by atoms with Gasteiger partial charge < -0.3 is 0 Å². The van der Waals surface area contributed by atoms with Gasteiger partial charge in [0.1, 0.15) is 6.33 Å². The van der Waals surface area contributed by atoms with Crippen LogP contribution >= 0.6 is 11.3 Å². The first-order valence-corrected chi connectivity index (χ1v) is 11.2. The van der Waals surface area contributed by atoms with Gasteiger partial charge in [-0.15, -0.1) is 11.3 Å². The van der Waals surface area contributed by atoms with Crippen LogP contribution in [0, 0.1) is 0 Å². The Morgan fingerprint density at radius 1 is 0.594 bits per heavy atom. The maximum Gasteiger partial charge on any atom is 0.165 e. The highest BCUT2D eigenvalue weighted by Crippen LogP contribution is 2.38. The normalized spacial score (nSPS) is 11.1. The monoisotopic (exact) mass is 430 g/mol. The molecule has 0 fully saturated rings. The topological polar surface area (TPSA) is 43.6 Å². The van der Waals surface area contributed by atoms with Crippen LogP contribution in [0.1, 0.15) is 0 Å². The zero-order valence-electron chi connectivity index (χ0n) is 17.1. The highest BCUT2D eigenvalue weighted by atomic mass is 32.1. The minimum atomic E-state index is 0.780. The molecule has 0 aliphatic heterocycles. The lowest BCUT2D eigenvalue weighted by Gasteiger charge is -2.17. The van der Waals surface area contributed by atoms with E-state index >= 15 is 0 Å². The van der Waals surface area contributed by atoms with E-state index in [0.29, 0.717) is 0 Å². The van der Waals surface area contributed by atoms with Gasteiger partial charge in [-0.1, -0.05) is 84.9 Å². The summed E-state index contributed by atoms with van der Waals surface area (Å²) in [7, 11) is 0. The van der Waals surface area contributed by atoms with Gasteiger partial charge in [-0.3, -0.25) is 0 Å². The van der Waals surface area contributed by atoms with Crippen LogP contribution in [0.3, 0.4) is 0 Å². The minimum Gasteiger partial charge on any atom is -0.244 e. The van der Waals surface area contributed by atoms with E-state index in [1.165, 1.54) is 0 Å². The lowest BCUT2D eigenvalue weighted by atomic mass is 9.95. The van der Waals surface area contributed by atoms with Crippen LogP contribution in [-0.4, -0.2) is 19.7 Å². The summed E-state index contributed by atoms with van der Waals surface area (Å²) in [5, 5.41) is 4.71. The van der Waals surface area contributed by atoms with Gasteiger partial charge in [0.15, 0.2) is 5.82 Å². The van der Waals surface area contributed by atoms with Gasteiger partial charge >= 0.3 is 0 Å². The van der Waals surface area contributed by atoms with Crippen LogP contribution in [0.2, 0.25) is 0 Å². The zero-order chi connectivity index (χ0) is 21.3. The number of fused-ring (bicyclic) bond motifs is 1. The zero-order valence-corrected chi connectivity index (χ0v) is 17.9. The van der Waals surface area contributed by atoms with Gasteiger partial charge in [0.2, 0.25) is 0 Å². The Balaban J connectivity index is 1.67. The molecule has 0 aliphatic rings. The molecule has 152 valence electrons. The molecule has 0 unspecified atom stereocenters. The lowest BCUT2D eigenvalue weighted by molar-refractivity contribution is 0.891. The Kier molecular flexibility index (Phi) is 4.59. The fourth-order valence-electron chi connectivity index (χ4n) is 4.13. The predicted molar refractivity (Wildman–Crippen MR) is 131 cm³/mol. The van der Waals surface area contributed by atoms with E-state index < -0.39 is 0 Å². The number of aromatic nitrogens is 4. The Bertz CT molecular complexity index is 1460. The average Bonchev–Trinajstić information content (AvgIpc) is 3.54. The van der Waals surface area contributed by atoms with Crippen LogP contribution in [0.4, 0.5) is 0 Å². The highest BCUT2D eigenvalue weighted by molar-refractivity contribution is 7.16. The molecule has 0 N–H and O–H groups in total. The average molecular weight is 431 g/mol. The van der Waals surface area contributed by atoms with Gasteiger partial charge in [0.05, 0.1) is 21.4 Å². The molecule has 4 nitrogen and oxygen atoms in total. The Morgan fingerprint density at radius 2 is 1.22 bits per heavy atom. The summed E-state index contributed by atoms with van der Waals surface area (Å²) in [6.45, 7) is 0. The number of hydrogen-bond acceptors (Lipinski definition) is 4.